The minimum Gasteiger partial charge on any atom is -0.205 e. The molecule has 0 saturated carbocycles. The average Bonchev–Trinajstić information content (AvgIpc) is 2.14. The van der Waals surface area contributed by atoms with E-state index in [-0.39, 0.29) is 5.56 Å². The van der Waals surface area contributed by atoms with Crippen LogP contribution in [-0.4, -0.2) is 0 Å². The molecule has 15 heavy (non-hydrogen) atoms. The van der Waals surface area contributed by atoms with Crippen LogP contribution in [0.2, 0.25) is 0 Å². The van der Waals surface area contributed by atoms with Crippen molar-refractivity contribution in [3.63, 3.8) is 0 Å². The first-order valence-electron chi connectivity index (χ1n) is 4.31. The molecule has 1 aromatic rings. The molecular formula is C11H8F4. The fraction of sp³-hybridized carbons (Fsp3) is 0.273. The molecule has 0 atom stereocenters. The van der Waals surface area contributed by atoms with Gasteiger partial charge in [0, 0.05) is 6.42 Å². The van der Waals surface area contributed by atoms with Crippen LogP contribution in [0.25, 0.3) is 0 Å². The lowest BCUT2D eigenvalue weighted by atomic mass is 10.1. The van der Waals surface area contributed by atoms with Gasteiger partial charge in [0.1, 0.15) is 0 Å². The van der Waals surface area contributed by atoms with E-state index in [0.29, 0.717) is 12.5 Å². The van der Waals surface area contributed by atoms with Gasteiger partial charge in [-0.25, -0.2) is 4.39 Å². The van der Waals surface area contributed by atoms with Gasteiger partial charge in [0.15, 0.2) is 5.82 Å². The lowest BCUT2D eigenvalue weighted by Gasteiger charge is -2.08. The first kappa shape index (κ1) is 11.6. The summed E-state index contributed by atoms with van der Waals surface area (Å²) in [7, 11) is 0. The zero-order valence-corrected chi connectivity index (χ0v) is 7.95. The van der Waals surface area contributed by atoms with Gasteiger partial charge in [0.25, 0.3) is 0 Å². The first-order valence-corrected chi connectivity index (χ1v) is 4.31. The Bertz CT molecular complexity index is 407. The van der Waals surface area contributed by atoms with Gasteiger partial charge in [0.05, 0.1) is 11.1 Å². The van der Waals surface area contributed by atoms with Crippen molar-refractivity contribution in [1.29, 1.82) is 0 Å². The van der Waals surface area contributed by atoms with Crippen LogP contribution in [0.3, 0.4) is 0 Å². The van der Waals surface area contributed by atoms with Gasteiger partial charge < -0.3 is 0 Å². The molecule has 0 N–H and O–H groups in total. The smallest absolute Gasteiger partial charge is 0.205 e. The second-order valence-electron chi connectivity index (χ2n) is 2.82. The van der Waals surface area contributed by atoms with E-state index in [4.69, 9.17) is 0 Å². The molecule has 1 aromatic carbocycles. The zero-order valence-electron chi connectivity index (χ0n) is 7.95. The third-order valence-electron chi connectivity index (χ3n) is 1.70. The lowest BCUT2D eigenvalue weighted by Crippen LogP contribution is -2.08. The summed E-state index contributed by atoms with van der Waals surface area (Å²) in [6.45, 7) is 1.73. The number of alkyl halides is 3. The SMILES string of the molecule is CCC#Cc1cccc(C(F)(F)F)c1F. The Morgan fingerprint density at radius 1 is 1.27 bits per heavy atom. The number of hydrogen-bond acceptors (Lipinski definition) is 0. The molecule has 4 heteroatoms. The Labute approximate surface area is 84.9 Å². The molecule has 0 bridgehead atoms. The van der Waals surface area contributed by atoms with Gasteiger partial charge in [-0.05, 0) is 12.1 Å². The Morgan fingerprint density at radius 2 is 1.93 bits per heavy atom. The molecule has 0 fully saturated rings. The second kappa shape index (κ2) is 4.35. The van der Waals surface area contributed by atoms with Gasteiger partial charge in [-0.1, -0.05) is 24.8 Å². The minimum atomic E-state index is -4.67. The molecule has 0 unspecified atom stereocenters. The van der Waals surface area contributed by atoms with Crippen LogP contribution >= 0.6 is 0 Å². The van der Waals surface area contributed by atoms with Gasteiger partial charge >= 0.3 is 6.18 Å². The molecule has 0 spiro atoms. The summed E-state index contributed by atoms with van der Waals surface area (Å²) in [4.78, 5) is 0. The van der Waals surface area contributed by atoms with E-state index in [9.17, 15) is 17.6 Å². The van der Waals surface area contributed by atoms with E-state index < -0.39 is 17.6 Å². The molecule has 0 aromatic heterocycles. The maximum Gasteiger partial charge on any atom is 0.419 e. The highest BCUT2D eigenvalue weighted by Crippen LogP contribution is 2.32. The van der Waals surface area contributed by atoms with Crippen molar-refractivity contribution in [3.8, 4) is 11.8 Å². The van der Waals surface area contributed by atoms with Crippen molar-refractivity contribution in [1.82, 2.24) is 0 Å². The maximum absolute atomic E-state index is 13.3. The van der Waals surface area contributed by atoms with Crippen LogP contribution in [0.15, 0.2) is 18.2 Å². The third-order valence-corrected chi connectivity index (χ3v) is 1.70. The predicted molar refractivity (Wildman–Crippen MR) is 48.6 cm³/mol. The van der Waals surface area contributed by atoms with Gasteiger partial charge in [0.2, 0.25) is 0 Å². The lowest BCUT2D eigenvalue weighted by molar-refractivity contribution is -0.140. The normalized spacial score (nSPS) is 10.7. The molecule has 0 radical (unpaired) electrons. The van der Waals surface area contributed by atoms with Crippen LogP contribution in [0, 0.1) is 17.7 Å². The monoisotopic (exact) mass is 216 g/mol. The molecule has 0 heterocycles. The summed E-state index contributed by atoms with van der Waals surface area (Å²) >= 11 is 0. The summed E-state index contributed by atoms with van der Waals surface area (Å²) < 4.78 is 50.1. The Hall–Kier alpha value is -1.50. The molecule has 0 aliphatic rings. The molecule has 0 saturated heterocycles. The minimum absolute atomic E-state index is 0.216. The summed E-state index contributed by atoms with van der Waals surface area (Å²) in [6, 6.07) is 3.07. The summed E-state index contributed by atoms with van der Waals surface area (Å²) in [5.41, 5.74) is -1.49. The van der Waals surface area contributed by atoms with Gasteiger partial charge in [-0.3, -0.25) is 0 Å². The Kier molecular flexibility index (Phi) is 3.35. The Balaban J connectivity index is 3.23. The number of hydrogen-bond donors (Lipinski definition) is 0. The van der Waals surface area contributed by atoms with Crippen LogP contribution in [0.4, 0.5) is 17.6 Å². The zero-order chi connectivity index (χ0) is 11.5. The van der Waals surface area contributed by atoms with E-state index in [0.717, 1.165) is 6.07 Å². The molecule has 80 valence electrons. The van der Waals surface area contributed by atoms with Crippen LogP contribution in [0.5, 0.6) is 0 Å². The van der Waals surface area contributed by atoms with Crippen molar-refractivity contribution in [2.75, 3.05) is 0 Å². The topological polar surface area (TPSA) is 0 Å². The molecule has 0 aliphatic carbocycles. The van der Waals surface area contributed by atoms with Gasteiger partial charge in [-0.2, -0.15) is 13.2 Å². The number of rotatable bonds is 0. The highest BCUT2D eigenvalue weighted by Gasteiger charge is 2.34. The average molecular weight is 216 g/mol. The van der Waals surface area contributed by atoms with E-state index in [1.807, 2.05) is 0 Å². The van der Waals surface area contributed by atoms with Crippen molar-refractivity contribution < 1.29 is 17.6 Å². The molecule has 1 rings (SSSR count). The number of halogens is 4. The second-order valence-corrected chi connectivity index (χ2v) is 2.82. The van der Waals surface area contributed by atoms with E-state index in [1.165, 1.54) is 6.07 Å². The largest absolute Gasteiger partial charge is 0.419 e. The third kappa shape index (κ3) is 2.72. The van der Waals surface area contributed by atoms with E-state index in [1.54, 1.807) is 6.92 Å². The summed E-state index contributed by atoms with van der Waals surface area (Å²) in [6.07, 6.45) is -4.20. The fourth-order valence-corrected chi connectivity index (χ4v) is 1.03. The molecule has 0 aliphatic heterocycles. The van der Waals surface area contributed by atoms with Crippen LogP contribution in [-0.2, 0) is 6.18 Å². The van der Waals surface area contributed by atoms with E-state index >= 15 is 0 Å². The highest BCUT2D eigenvalue weighted by atomic mass is 19.4. The Morgan fingerprint density at radius 3 is 2.47 bits per heavy atom. The quantitative estimate of drug-likeness (QED) is 0.459. The molecule has 0 nitrogen and oxygen atoms in total. The van der Waals surface area contributed by atoms with Crippen molar-refractivity contribution in [2.45, 2.75) is 19.5 Å². The first-order chi connectivity index (χ1) is 6.96. The predicted octanol–water partition coefficient (Wildman–Crippen LogP) is 3.61. The van der Waals surface area contributed by atoms with Crippen LogP contribution in [0.1, 0.15) is 24.5 Å². The summed E-state index contributed by atoms with van der Waals surface area (Å²) in [5.74, 6) is 3.58. The summed E-state index contributed by atoms with van der Waals surface area (Å²) in [5, 5.41) is 0. The van der Waals surface area contributed by atoms with Gasteiger partial charge in [-0.15, -0.1) is 0 Å². The van der Waals surface area contributed by atoms with Crippen molar-refractivity contribution in [2.24, 2.45) is 0 Å². The standard InChI is InChI=1S/C11H8F4/c1-2-3-5-8-6-4-7-9(10(8)12)11(13,14)15/h4,6-7H,2H2,1H3. The van der Waals surface area contributed by atoms with Crippen LogP contribution < -0.4 is 0 Å². The maximum atomic E-state index is 13.3. The highest BCUT2D eigenvalue weighted by molar-refractivity contribution is 5.39. The molecule has 0 amide bonds. The fourth-order valence-electron chi connectivity index (χ4n) is 1.03. The van der Waals surface area contributed by atoms with Crippen molar-refractivity contribution >= 4 is 0 Å². The van der Waals surface area contributed by atoms with E-state index in [2.05, 4.69) is 11.8 Å². The molecular weight excluding hydrogens is 208 g/mol. The van der Waals surface area contributed by atoms with Crippen molar-refractivity contribution in [3.05, 3.63) is 35.1 Å². The number of benzene rings is 1.